The van der Waals surface area contributed by atoms with Gasteiger partial charge in [-0.15, -0.1) is 12.4 Å². The molecule has 1 aromatic carbocycles. The average molecular weight is 336 g/mol. The molecular formula is C17H22ClN3O2. The molecular weight excluding hydrogens is 314 g/mol. The number of carbonyl (C=O) groups is 1. The van der Waals surface area contributed by atoms with Crippen LogP contribution in [0.4, 0.5) is 5.69 Å². The number of carbonyl (C=O) groups excluding carboxylic acids is 1. The van der Waals surface area contributed by atoms with Crippen molar-refractivity contribution in [3.63, 3.8) is 0 Å². The van der Waals surface area contributed by atoms with E-state index in [2.05, 4.69) is 10.3 Å². The number of nitrogens with two attached hydrogens (primary N) is 1. The molecule has 23 heavy (non-hydrogen) atoms. The summed E-state index contributed by atoms with van der Waals surface area (Å²) in [6, 6.07) is 5.82. The number of rotatable bonds is 3. The molecule has 2 saturated carbocycles. The number of hydrogen-bond acceptors (Lipinski definition) is 4. The van der Waals surface area contributed by atoms with E-state index in [1.54, 1.807) is 0 Å². The number of nitrogens with one attached hydrogen (secondary N) is 1. The lowest BCUT2D eigenvalue weighted by Gasteiger charge is -2.25. The molecule has 2 aromatic rings. The minimum Gasteiger partial charge on any atom is -0.440 e. The highest BCUT2D eigenvalue weighted by Crippen LogP contribution is 2.40. The van der Waals surface area contributed by atoms with Crippen LogP contribution in [0.3, 0.4) is 0 Å². The fraction of sp³-hybridized carbons (Fsp3) is 0.529. The van der Waals surface area contributed by atoms with E-state index in [-0.39, 0.29) is 30.3 Å². The number of oxazole rings is 1. The molecule has 124 valence electrons. The van der Waals surface area contributed by atoms with E-state index < -0.39 is 0 Å². The highest BCUT2D eigenvalue weighted by atomic mass is 35.5. The summed E-state index contributed by atoms with van der Waals surface area (Å²) >= 11 is 0. The smallest absolute Gasteiger partial charge is 0.227 e. The molecule has 2 aliphatic carbocycles. The van der Waals surface area contributed by atoms with Crippen molar-refractivity contribution in [1.29, 1.82) is 0 Å². The fourth-order valence-electron chi connectivity index (χ4n) is 3.24. The largest absolute Gasteiger partial charge is 0.440 e. The second-order valence-corrected chi connectivity index (χ2v) is 6.62. The van der Waals surface area contributed by atoms with Crippen LogP contribution in [0.2, 0.25) is 0 Å². The first-order valence-corrected chi connectivity index (χ1v) is 8.16. The van der Waals surface area contributed by atoms with E-state index in [1.807, 2.05) is 18.2 Å². The number of aromatic nitrogens is 1. The molecule has 1 aromatic heterocycles. The zero-order valence-corrected chi connectivity index (χ0v) is 13.8. The third kappa shape index (κ3) is 3.51. The van der Waals surface area contributed by atoms with E-state index >= 15 is 0 Å². The number of halogens is 1. The Hall–Kier alpha value is -1.59. The molecule has 0 aliphatic heterocycles. The van der Waals surface area contributed by atoms with Gasteiger partial charge in [-0.05, 0) is 50.3 Å². The summed E-state index contributed by atoms with van der Waals surface area (Å²) in [6.07, 6.45) is 6.10. The molecule has 6 heteroatoms. The lowest BCUT2D eigenvalue weighted by molar-refractivity contribution is -0.120. The number of amides is 1. The Balaban J connectivity index is 0.00000156. The van der Waals surface area contributed by atoms with Gasteiger partial charge < -0.3 is 15.5 Å². The molecule has 2 fully saturated rings. The maximum atomic E-state index is 12.4. The summed E-state index contributed by atoms with van der Waals surface area (Å²) in [5.74, 6) is 1.42. The number of nitrogens with zero attached hydrogens (tertiary/aromatic N) is 1. The average Bonchev–Trinajstić information content (AvgIpc) is 3.27. The van der Waals surface area contributed by atoms with Gasteiger partial charge in [0.25, 0.3) is 0 Å². The highest BCUT2D eigenvalue weighted by molar-refractivity contribution is 5.94. The zero-order valence-electron chi connectivity index (χ0n) is 13.0. The Morgan fingerprint density at radius 3 is 2.83 bits per heavy atom. The van der Waals surface area contributed by atoms with E-state index in [0.717, 1.165) is 48.4 Å². The minimum absolute atomic E-state index is 0. The van der Waals surface area contributed by atoms with Crippen LogP contribution in [0.25, 0.3) is 11.1 Å². The van der Waals surface area contributed by atoms with Crippen molar-refractivity contribution in [1.82, 2.24) is 4.98 Å². The van der Waals surface area contributed by atoms with Crippen molar-refractivity contribution in [2.75, 3.05) is 5.32 Å². The number of anilines is 1. The third-order valence-electron chi connectivity index (χ3n) is 4.68. The van der Waals surface area contributed by atoms with Gasteiger partial charge in [0.05, 0.1) is 0 Å². The number of hydrogen-bond donors (Lipinski definition) is 2. The quantitative estimate of drug-likeness (QED) is 0.898. The van der Waals surface area contributed by atoms with Crippen molar-refractivity contribution in [2.24, 2.45) is 11.7 Å². The van der Waals surface area contributed by atoms with Crippen molar-refractivity contribution < 1.29 is 9.21 Å². The molecule has 1 heterocycles. The first-order valence-electron chi connectivity index (χ1n) is 8.16. The summed E-state index contributed by atoms with van der Waals surface area (Å²) in [7, 11) is 0. The molecule has 1 amide bonds. The Kier molecular flexibility index (Phi) is 4.60. The van der Waals surface area contributed by atoms with Gasteiger partial charge in [-0.1, -0.05) is 6.42 Å². The van der Waals surface area contributed by atoms with Crippen LogP contribution < -0.4 is 11.1 Å². The molecule has 0 bridgehead atoms. The van der Waals surface area contributed by atoms with Gasteiger partial charge in [0.1, 0.15) is 5.52 Å². The standard InChI is InChI=1S/C17H21N3O2.ClH/c18-12-3-1-2-11(8-12)16(21)19-13-6-7-15-14(9-13)20-17(22-15)10-4-5-10;/h6-7,9-12H,1-5,8,18H2,(H,19,21);1H. The molecule has 2 unspecified atom stereocenters. The first-order chi connectivity index (χ1) is 10.7. The van der Waals surface area contributed by atoms with Gasteiger partial charge in [0.15, 0.2) is 11.5 Å². The van der Waals surface area contributed by atoms with Crippen molar-refractivity contribution in [2.45, 2.75) is 50.5 Å². The monoisotopic (exact) mass is 335 g/mol. The zero-order chi connectivity index (χ0) is 15.1. The molecule has 0 radical (unpaired) electrons. The Labute approximate surface area is 141 Å². The normalized spacial score (nSPS) is 24.2. The number of fused-ring (bicyclic) bond motifs is 1. The van der Waals surface area contributed by atoms with Crippen LogP contribution in [0.15, 0.2) is 22.6 Å². The van der Waals surface area contributed by atoms with Crippen LogP contribution in [-0.2, 0) is 4.79 Å². The van der Waals surface area contributed by atoms with Crippen LogP contribution >= 0.6 is 12.4 Å². The van der Waals surface area contributed by atoms with Crippen LogP contribution in [0.1, 0.15) is 50.3 Å². The SMILES string of the molecule is Cl.NC1CCCC(C(=O)Nc2ccc3oc(C4CC4)nc3c2)C1. The second-order valence-electron chi connectivity index (χ2n) is 6.62. The van der Waals surface area contributed by atoms with Gasteiger partial charge in [0.2, 0.25) is 5.91 Å². The lowest BCUT2D eigenvalue weighted by Crippen LogP contribution is -2.34. The van der Waals surface area contributed by atoms with Gasteiger partial charge >= 0.3 is 0 Å². The van der Waals surface area contributed by atoms with Crippen molar-refractivity contribution in [3.05, 3.63) is 24.1 Å². The van der Waals surface area contributed by atoms with Crippen molar-refractivity contribution in [3.8, 4) is 0 Å². The van der Waals surface area contributed by atoms with Crippen LogP contribution in [0, 0.1) is 5.92 Å². The Bertz CT molecular complexity index is 711. The first kappa shape index (κ1) is 16.3. The molecule has 4 rings (SSSR count). The Morgan fingerprint density at radius 1 is 1.26 bits per heavy atom. The second kappa shape index (κ2) is 6.49. The topological polar surface area (TPSA) is 81.2 Å². The molecule has 2 aliphatic rings. The van der Waals surface area contributed by atoms with Gasteiger partial charge in [0, 0.05) is 23.6 Å². The van der Waals surface area contributed by atoms with E-state index in [9.17, 15) is 4.79 Å². The fourth-order valence-corrected chi connectivity index (χ4v) is 3.24. The van der Waals surface area contributed by atoms with E-state index in [1.165, 1.54) is 12.8 Å². The van der Waals surface area contributed by atoms with Crippen molar-refractivity contribution >= 4 is 35.1 Å². The van der Waals surface area contributed by atoms with Gasteiger partial charge in [-0.3, -0.25) is 4.79 Å². The van der Waals surface area contributed by atoms with E-state index in [4.69, 9.17) is 10.2 Å². The predicted octanol–water partition coefficient (Wildman–Crippen LogP) is 3.58. The summed E-state index contributed by atoms with van der Waals surface area (Å²) in [5.41, 5.74) is 8.36. The summed E-state index contributed by atoms with van der Waals surface area (Å²) in [6.45, 7) is 0. The summed E-state index contributed by atoms with van der Waals surface area (Å²) < 4.78 is 5.74. The maximum Gasteiger partial charge on any atom is 0.227 e. The molecule has 2 atom stereocenters. The number of benzene rings is 1. The molecule has 3 N–H and O–H groups in total. The maximum absolute atomic E-state index is 12.4. The molecule has 0 spiro atoms. The van der Waals surface area contributed by atoms with E-state index in [0.29, 0.717) is 5.92 Å². The Morgan fingerprint density at radius 2 is 2.09 bits per heavy atom. The van der Waals surface area contributed by atoms with Crippen LogP contribution in [0.5, 0.6) is 0 Å². The third-order valence-corrected chi connectivity index (χ3v) is 4.68. The minimum atomic E-state index is 0. The highest BCUT2D eigenvalue weighted by Gasteiger charge is 2.29. The van der Waals surface area contributed by atoms with Gasteiger partial charge in [-0.2, -0.15) is 0 Å². The summed E-state index contributed by atoms with van der Waals surface area (Å²) in [5, 5.41) is 3.00. The summed E-state index contributed by atoms with van der Waals surface area (Å²) in [4.78, 5) is 16.9. The van der Waals surface area contributed by atoms with Crippen LogP contribution in [-0.4, -0.2) is 16.9 Å². The van der Waals surface area contributed by atoms with Gasteiger partial charge in [-0.25, -0.2) is 4.98 Å². The molecule has 5 nitrogen and oxygen atoms in total. The molecule has 0 saturated heterocycles. The predicted molar refractivity (Wildman–Crippen MR) is 91.8 cm³/mol. The lowest BCUT2D eigenvalue weighted by atomic mass is 9.85.